The zero-order valence-corrected chi connectivity index (χ0v) is 38.3. The molecule has 0 aliphatic carbocycles. The predicted molar refractivity (Wildman–Crippen MR) is 237 cm³/mol. The minimum absolute atomic E-state index is 0. The van der Waals surface area contributed by atoms with E-state index in [4.69, 9.17) is 47.4 Å². The third kappa shape index (κ3) is 16.4. The third-order valence-electron chi connectivity index (χ3n) is 9.06. The molecule has 0 fully saturated rings. The Balaban J connectivity index is 0.00000544. The summed E-state index contributed by atoms with van der Waals surface area (Å²) in [5, 5.41) is 22.3. The van der Waals surface area contributed by atoms with E-state index < -0.39 is 0 Å². The number of aromatic hydroxyl groups is 2. The van der Waals surface area contributed by atoms with Crippen LogP contribution in [0.4, 0.5) is 11.5 Å². The van der Waals surface area contributed by atoms with Gasteiger partial charge in [-0.25, -0.2) is 9.98 Å². The van der Waals surface area contributed by atoms with Gasteiger partial charge < -0.3 is 70.0 Å². The maximum atomic E-state index is 11.2. The second-order valence-corrected chi connectivity index (χ2v) is 13.2. The Morgan fingerprint density at radius 3 is 1.38 bits per heavy atom. The number of phenols is 2. The second kappa shape index (κ2) is 30.0. The van der Waals surface area contributed by atoms with Crippen molar-refractivity contribution >= 4 is 23.9 Å². The summed E-state index contributed by atoms with van der Waals surface area (Å²) in [6, 6.07) is 25.7. The van der Waals surface area contributed by atoms with Gasteiger partial charge in [-0.15, -0.1) is 0 Å². The molecular formula is C47H55ClMnN3O12+. The van der Waals surface area contributed by atoms with Gasteiger partial charge in [-0.1, -0.05) is 36.4 Å². The molecule has 0 unspecified atom stereocenters. The van der Waals surface area contributed by atoms with E-state index in [1.165, 1.54) is 26.6 Å². The molecule has 0 amide bonds. The van der Waals surface area contributed by atoms with Gasteiger partial charge in [0, 0.05) is 55.1 Å². The number of rotatable bonds is 28. The molecule has 343 valence electrons. The maximum Gasteiger partial charge on any atom is 2.00 e. The molecule has 1 heterocycles. The Hall–Kier alpha value is -5.26. The van der Waals surface area contributed by atoms with Gasteiger partial charge in [0.1, 0.15) is 30.4 Å². The number of hydrogen-bond acceptors (Lipinski definition) is 15. The van der Waals surface area contributed by atoms with E-state index in [0.29, 0.717) is 108 Å². The Bertz CT molecular complexity index is 2040. The minimum atomic E-state index is -0.102. The molecule has 0 spiro atoms. The summed E-state index contributed by atoms with van der Waals surface area (Å²) in [4.78, 5) is 13.7. The predicted octanol–water partition coefficient (Wildman–Crippen LogP) is 4.46. The van der Waals surface area contributed by atoms with Crippen molar-refractivity contribution in [1.82, 2.24) is 4.98 Å². The van der Waals surface area contributed by atoms with Crippen LogP contribution in [0.2, 0.25) is 0 Å². The number of benzene rings is 4. The second-order valence-electron chi connectivity index (χ2n) is 13.2. The first-order valence-corrected chi connectivity index (χ1v) is 20.1. The average molecular weight is 944 g/mol. The summed E-state index contributed by atoms with van der Waals surface area (Å²) in [7, 11) is 6.22. The van der Waals surface area contributed by atoms with Crippen LogP contribution in [0.3, 0.4) is 0 Å². The van der Waals surface area contributed by atoms with Crippen molar-refractivity contribution in [3.05, 3.63) is 102 Å². The van der Waals surface area contributed by atoms with E-state index in [2.05, 4.69) is 15.0 Å². The van der Waals surface area contributed by atoms with E-state index in [9.17, 15) is 10.2 Å². The molecule has 15 nitrogen and oxygen atoms in total. The molecule has 4 aromatic carbocycles. The van der Waals surface area contributed by atoms with Crippen molar-refractivity contribution in [2.24, 2.45) is 9.98 Å². The zero-order valence-electron chi connectivity index (χ0n) is 36.4. The monoisotopic (exact) mass is 943 g/mol. The van der Waals surface area contributed by atoms with Crippen molar-refractivity contribution in [3.8, 4) is 56.8 Å². The van der Waals surface area contributed by atoms with Crippen LogP contribution in [0.1, 0.15) is 11.1 Å². The molecule has 2 N–H and O–H groups in total. The van der Waals surface area contributed by atoms with E-state index in [-0.39, 0.29) is 58.3 Å². The number of para-hydroxylation sites is 2. The van der Waals surface area contributed by atoms with E-state index in [0.717, 1.165) is 22.3 Å². The van der Waals surface area contributed by atoms with Gasteiger partial charge in [0.25, 0.3) is 0 Å². The summed E-state index contributed by atoms with van der Waals surface area (Å²) in [6.07, 6.45) is 4.60. The number of pyridine rings is 1. The SMILES string of the molecule is COCCOCCOCCOc1ccccc1-c1cc(C=Nc2cccnc2/N=C/c2cc(-c3ccccc3OCCOCCOCCOC)cc(OC)c2O)c(O)c(OC)c1.[Cl-].[Mn+2]. The fourth-order valence-electron chi connectivity index (χ4n) is 5.95. The number of nitrogens with zero attached hydrogens (tertiary/aromatic N) is 3. The van der Waals surface area contributed by atoms with Gasteiger partial charge >= 0.3 is 17.1 Å². The molecular weight excluding hydrogens is 889 g/mol. The van der Waals surface area contributed by atoms with Crippen molar-refractivity contribution in [1.29, 1.82) is 0 Å². The number of aromatic nitrogens is 1. The molecule has 0 aliphatic heterocycles. The molecule has 17 heteroatoms. The molecule has 0 saturated carbocycles. The first-order valence-electron chi connectivity index (χ1n) is 20.1. The third-order valence-corrected chi connectivity index (χ3v) is 9.06. The van der Waals surface area contributed by atoms with Gasteiger partial charge in [-0.3, -0.25) is 4.99 Å². The topological polar surface area (TPSA) is 170 Å². The zero-order chi connectivity index (χ0) is 43.8. The summed E-state index contributed by atoms with van der Waals surface area (Å²) < 4.78 is 55.4. The van der Waals surface area contributed by atoms with Crippen LogP contribution in [-0.2, 0) is 45.5 Å². The van der Waals surface area contributed by atoms with Crippen LogP contribution >= 0.6 is 0 Å². The number of halogens is 1. The summed E-state index contributed by atoms with van der Waals surface area (Å²) in [6.45, 7) is 5.31. The van der Waals surface area contributed by atoms with Gasteiger partial charge in [-0.2, -0.15) is 0 Å². The van der Waals surface area contributed by atoms with Crippen molar-refractivity contribution in [2.45, 2.75) is 0 Å². The quantitative estimate of drug-likeness (QED) is 0.0410. The van der Waals surface area contributed by atoms with E-state index in [1.807, 2.05) is 48.5 Å². The van der Waals surface area contributed by atoms with Crippen LogP contribution < -0.4 is 31.4 Å². The molecule has 5 aromatic rings. The van der Waals surface area contributed by atoms with Gasteiger partial charge in [0.05, 0.1) is 80.3 Å². The Kier molecular flexibility index (Phi) is 24.9. The van der Waals surface area contributed by atoms with Crippen LogP contribution in [-0.4, -0.2) is 135 Å². The Morgan fingerprint density at radius 1 is 0.500 bits per heavy atom. The van der Waals surface area contributed by atoms with Gasteiger partial charge in [0.15, 0.2) is 28.8 Å². The molecule has 0 aliphatic rings. The van der Waals surface area contributed by atoms with Crippen LogP contribution in [0.5, 0.6) is 34.5 Å². The fourth-order valence-corrected chi connectivity index (χ4v) is 5.95. The molecule has 1 aromatic heterocycles. The van der Waals surface area contributed by atoms with Crippen molar-refractivity contribution < 1.29 is 87.1 Å². The molecule has 64 heavy (non-hydrogen) atoms. The number of phenolic OH excluding ortho intramolecular Hbond substituents is 2. The Morgan fingerprint density at radius 2 is 0.922 bits per heavy atom. The van der Waals surface area contributed by atoms with Crippen molar-refractivity contribution in [3.63, 3.8) is 0 Å². The van der Waals surface area contributed by atoms with Crippen LogP contribution in [0, 0.1) is 0 Å². The van der Waals surface area contributed by atoms with Crippen LogP contribution in [0.25, 0.3) is 22.3 Å². The standard InChI is InChI=1S/C47H55N3O12.ClH.Mn/c1-53-16-18-57-20-22-59-24-26-61-41-13-7-5-10-38(41)34-28-36(45(51)43(30-34)55-3)32-49-40-12-9-15-48-47(40)50-33-37-29-35(31-44(56-4)46(37)52)39-11-6-8-14-42(39)62-27-25-60-23-21-58-19-17-54-2;;/h5-15,28-33,51-52H,16-27H2,1-4H3;1H;/q;;+2/p-1/b49-32?,50-33+;;. The maximum absolute atomic E-state index is 11.2. The van der Waals surface area contributed by atoms with E-state index in [1.54, 1.807) is 56.8 Å². The number of methoxy groups -OCH3 is 4. The smallest absolute Gasteiger partial charge is 1.00 e. The average Bonchev–Trinajstić information content (AvgIpc) is 3.30. The normalized spacial score (nSPS) is 11.1. The minimum Gasteiger partial charge on any atom is -1.00 e. The number of ether oxygens (including phenoxy) is 10. The largest absolute Gasteiger partial charge is 2.00 e. The summed E-state index contributed by atoms with van der Waals surface area (Å²) in [5.41, 5.74) is 4.20. The molecule has 5 rings (SSSR count). The first kappa shape index (κ1) is 53.1. The number of aliphatic imine (C=N–C) groups is 2. The van der Waals surface area contributed by atoms with Crippen molar-refractivity contribution in [2.75, 3.05) is 108 Å². The van der Waals surface area contributed by atoms with Gasteiger partial charge in [-0.05, 0) is 59.7 Å². The molecule has 0 atom stereocenters. The van der Waals surface area contributed by atoms with E-state index >= 15 is 0 Å². The van der Waals surface area contributed by atoms with Crippen LogP contribution in [0.15, 0.2) is 101 Å². The summed E-state index contributed by atoms with van der Waals surface area (Å²) in [5.74, 6) is 1.84. The summed E-state index contributed by atoms with van der Waals surface area (Å²) >= 11 is 0. The first-order chi connectivity index (χ1) is 30.5. The molecule has 0 bridgehead atoms. The number of hydrogen-bond donors (Lipinski definition) is 2. The van der Waals surface area contributed by atoms with Gasteiger partial charge in [0.2, 0.25) is 0 Å². The fraction of sp³-hybridized carbons (Fsp3) is 0.340. The molecule has 0 saturated heterocycles. The molecule has 1 radical (unpaired) electrons. The Labute approximate surface area is 391 Å².